The van der Waals surface area contributed by atoms with Crippen molar-refractivity contribution in [2.45, 2.75) is 26.2 Å². The maximum absolute atomic E-state index is 12.6. The first-order valence-corrected chi connectivity index (χ1v) is 6.38. The third-order valence-corrected chi connectivity index (χ3v) is 3.65. The number of amides is 1. The Morgan fingerprint density at radius 1 is 1.44 bits per heavy atom. The van der Waals surface area contributed by atoms with Crippen LogP contribution in [0.25, 0.3) is 0 Å². The number of carbonyl (C=O) groups is 2. The number of nitrogens with zero attached hydrogens (tertiary/aromatic N) is 1. The summed E-state index contributed by atoms with van der Waals surface area (Å²) in [4.78, 5) is 24.8. The Bertz CT molecular complexity index is 322. The van der Waals surface area contributed by atoms with E-state index in [9.17, 15) is 9.59 Å². The molecule has 0 aromatic rings. The molecule has 0 spiro atoms. The molecule has 2 N–H and O–H groups in total. The van der Waals surface area contributed by atoms with Crippen molar-refractivity contribution in [1.82, 2.24) is 10.2 Å². The normalized spacial score (nSPS) is 18.1. The van der Waals surface area contributed by atoms with Crippen molar-refractivity contribution in [2.75, 3.05) is 26.2 Å². The minimum Gasteiger partial charge on any atom is -0.480 e. The number of rotatable bonds is 6. The van der Waals surface area contributed by atoms with Crippen molar-refractivity contribution >= 4 is 11.9 Å². The molecular formula is C13H22N2O3. The lowest BCUT2D eigenvalue weighted by molar-refractivity contribution is -0.150. The number of carboxylic acid groups (broad SMARTS) is 1. The zero-order valence-electron chi connectivity index (χ0n) is 10.9. The van der Waals surface area contributed by atoms with Crippen LogP contribution in [0, 0.1) is 5.41 Å². The molecule has 0 aromatic heterocycles. The lowest BCUT2D eigenvalue weighted by Crippen LogP contribution is -2.50. The zero-order valence-corrected chi connectivity index (χ0v) is 10.9. The van der Waals surface area contributed by atoms with E-state index in [0.717, 1.165) is 32.4 Å². The number of hydrogen-bond donors (Lipinski definition) is 2. The summed E-state index contributed by atoms with van der Waals surface area (Å²) in [6, 6.07) is 0. The molecule has 1 amide bonds. The topological polar surface area (TPSA) is 69.6 Å². The summed E-state index contributed by atoms with van der Waals surface area (Å²) in [5, 5.41) is 12.1. The average Bonchev–Trinajstić information content (AvgIpc) is 2.37. The summed E-state index contributed by atoms with van der Waals surface area (Å²) in [5.41, 5.74) is -0.399. The van der Waals surface area contributed by atoms with Gasteiger partial charge in [-0.25, -0.2) is 0 Å². The molecule has 0 radical (unpaired) electrons. The zero-order chi connectivity index (χ0) is 13.6. The number of carbonyl (C=O) groups excluding carboxylic acids is 1. The number of hydrogen-bond acceptors (Lipinski definition) is 3. The van der Waals surface area contributed by atoms with Gasteiger partial charge in [0.15, 0.2) is 0 Å². The summed E-state index contributed by atoms with van der Waals surface area (Å²) >= 11 is 0. The Morgan fingerprint density at radius 3 is 2.50 bits per heavy atom. The van der Waals surface area contributed by atoms with E-state index >= 15 is 0 Å². The van der Waals surface area contributed by atoms with Crippen LogP contribution in [0.5, 0.6) is 0 Å². The van der Waals surface area contributed by atoms with E-state index in [2.05, 4.69) is 11.9 Å². The Labute approximate surface area is 108 Å². The number of aliphatic carboxylic acids is 1. The number of nitrogens with one attached hydrogen (secondary N) is 1. The van der Waals surface area contributed by atoms with Gasteiger partial charge in [-0.15, -0.1) is 6.58 Å². The SMILES string of the molecule is C=CCN(CC(=O)O)C(=O)C1(CC)CCNCC1. The van der Waals surface area contributed by atoms with Gasteiger partial charge in [0.1, 0.15) is 6.54 Å². The second-order valence-electron chi connectivity index (χ2n) is 4.75. The highest BCUT2D eigenvalue weighted by Gasteiger charge is 2.40. The molecule has 102 valence electrons. The van der Waals surface area contributed by atoms with Gasteiger partial charge in [-0.2, -0.15) is 0 Å². The molecule has 1 aliphatic rings. The summed E-state index contributed by atoms with van der Waals surface area (Å²) < 4.78 is 0. The predicted molar refractivity (Wildman–Crippen MR) is 69.2 cm³/mol. The summed E-state index contributed by atoms with van der Waals surface area (Å²) in [5.74, 6) is -1.03. The second kappa shape index (κ2) is 6.54. The molecule has 5 nitrogen and oxygen atoms in total. The van der Waals surface area contributed by atoms with Crippen LogP contribution >= 0.6 is 0 Å². The van der Waals surface area contributed by atoms with Gasteiger partial charge < -0.3 is 15.3 Å². The summed E-state index contributed by atoms with van der Waals surface area (Å²) in [7, 11) is 0. The average molecular weight is 254 g/mol. The molecule has 1 saturated heterocycles. The molecular weight excluding hydrogens is 232 g/mol. The first kappa shape index (κ1) is 14.7. The molecule has 1 rings (SSSR count). The second-order valence-corrected chi connectivity index (χ2v) is 4.75. The fourth-order valence-electron chi connectivity index (χ4n) is 2.50. The summed E-state index contributed by atoms with van der Waals surface area (Å²) in [6.07, 6.45) is 3.87. The Balaban J connectivity index is 2.84. The highest BCUT2D eigenvalue weighted by atomic mass is 16.4. The minimum absolute atomic E-state index is 0.0474. The van der Waals surface area contributed by atoms with Crippen LogP contribution in [0.15, 0.2) is 12.7 Å². The van der Waals surface area contributed by atoms with E-state index in [0.29, 0.717) is 6.54 Å². The predicted octanol–water partition coefficient (Wildman–Crippen LogP) is 0.865. The van der Waals surface area contributed by atoms with Gasteiger partial charge >= 0.3 is 5.97 Å². The van der Waals surface area contributed by atoms with E-state index in [4.69, 9.17) is 5.11 Å². The van der Waals surface area contributed by atoms with Crippen LogP contribution < -0.4 is 5.32 Å². The molecule has 0 aromatic carbocycles. The summed E-state index contributed by atoms with van der Waals surface area (Å²) in [6.45, 7) is 7.25. The van der Waals surface area contributed by atoms with Crippen LogP contribution in [0.4, 0.5) is 0 Å². The first-order chi connectivity index (χ1) is 8.55. The van der Waals surface area contributed by atoms with Gasteiger partial charge in [-0.3, -0.25) is 9.59 Å². The van der Waals surface area contributed by atoms with E-state index in [1.54, 1.807) is 6.08 Å². The molecule has 0 saturated carbocycles. The lowest BCUT2D eigenvalue weighted by Gasteiger charge is -2.38. The Hall–Kier alpha value is -1.36. The highest BCUT2D eigenvalue weighted by molar-refractivity contribution is 5.86. The fourth-order valence-corrected chi connectivity index (χ4v) is 2.50. The molecule has 0 aliphatic carbocycles. The van der Waals surface area contributed by atoms with Gasteiger partial charge in [0.25, 0.3) is 0 Å². The quantitative estimate of drug-likeness (QED) is 0.690. The molecule has 1 fully saturated rings. The molecule has 0 atom stereocenters. The third-order valence-electron chi connectivity index (χ3n) is 3.65. The largest absolute Gasteiger partial charge is 0.480 e. The Kier molecular flexibility index (Phi) is 5.34. The van der Waals surface area contributed by atoms with Crippen LogP contribution in [-0.2, 0) is 9.59 Å². The van der Waals surface area contributed by atoms with Crippen molar-refractivity contribution in [3.63, 3.8) is 0 Å². The molecule has 18 heavy (non-hydrogen) atoms. The van der Waals surface area contributed by atoms with Crippen molar-refractivity contribution in [2.24, 2.45) is 5.41 Å². The van der Waals surface area contributed by atoms with Crippen molar-refractivity contribution in [3.05, 3.63) is 12.7 Å². The third kappa shape index (κ3) is 3.32. The van der Waals surface area contributed by atoms with Gasteiger partial charge in [0.05, 0.1) is 5.41 Å². The highest BCUT2D eigenvalue weighted by Crippen LogP contribution is 2.34. The molecule has 0 unspecified atom stereocenters. The van der Waals surface area contributed by atoms with Crippen LogP contribution in [0.1, 0.15) is 26.2 Å². The maximum atomic E-state index is 12.6. The monoisotopic (exact) mass is 254 g/mol. The number of carboxylic acids is 1. The van der Waals surface area contributed by atoms with E-state index in [-0.39, 0.29) is 12.5 Å². The van der Waals surface area contributed by atoms with Gasteiger partial charge in [-0.05, 0) is 32.4 Å². The smallest absolute Gasteiger partial charge is 0.323 e. The van der Waals surface area contributed by atoms with Gasteiger partial charge in [0, 0.05) is 6.54 Å². The number of piperidine rings is 1. The van der Waals surface area contributed by atoms with Crippen molar-refractivity contribution in [3.8, 4) is 0 Å². The van der Waals surface area contributed by atoms with E-state index < -0.39 is 11.4 Å². The van der Waals surface area contributed by atoms with Crippen molar-refractivity contribution < 1.29 is 14.7 Å². The Morgan fingerprint density at radius 2 is 2.06 bits per heavy atom. The van der Waals surface area contributed by atoms with Gasteiger partial charge in [-0.1, -0.05) is 13.0 Å². The standard InChI is InChI=1S/C13H22N2O3/c1-3-9-15(10-11(16)17)12(18)13(4-2)5-7-14-8-6-13/h3,14H,1,4-10H2,2H3,(H,16,17). The molecule has 0 bridgehead atoms. The maximum Gasteiger partial charge on any atom is 0.323 e. The molecule has 1 aliphatic heterocycles. The fraction of sp³-hybridized carbons (Fsp3) is 0.692. The van der Waals surface area contributed by atoms with Crippen LogP contribution in [0.2, 0.25) is 0 Å². The van der Waals surface area contributed by atoms with Crippen molar-refractivity contribution in [1.29, 1.82) is 0 Å². The molecule has 5 heteroatoms. The van der Waals surface area contributed by atoms with E-state index in [1.165, 1.54) is 4.90 Å². The van der Waals surface area contributed by atoms with Crippen LogP contribution in [-0.4, -0.2) is 48.1 Å². The van der Waals surface area contributed by atoms with Crippen LogP contribution in [0.3, 0.4) is 0 Å². The first-order valence-electron chi connectivity index (χ1n) is 6.38. The molecule has 1 heterocycles. The van der Waals surface area contributed by atoms with E-state index in [1.807, 2.05) is 6.92 Å². The minimum atomic E-state index is -0.981. The lowest BCUT2D eigenvalue weighted by atomic mass is 9.75. The van der Waals surface area contributed by atoms with Gasteiger partial charge in [0.2, 0.25) is 5.91 Å².